The lowest BCUT2D eigenvalue weighted by molar-refractivity contribution is 0.183. The van der Waals surface area contributed by atoms with Crippen molar-refractivity contribution in [1.29, 1.82) is 0 Å². The van der Waals surface area contributed by atoms with Crippen LogP contribution < -0.4 is 5.32 Å². The summed E-state index contributed by atoms with van der Waals surface area (Å²) < 4.78 is 5.38. The number of aliphatic hydroxyl groups excluding tert-OH is 1. The van der Waals surface area contributed by atoms with E-state index in [4.69, 9.17) is 4.74 Å². The standard InChI is InChI=1S/C13H19NO2/c1-10(12-6-7-16-9-12)14-13-5-3-2-4-11(13)8-15/h2-5,10,12,14-15H,6-9H2,1H3. The first-order valence-corrected chi connectivity index (χ1v) is 5.84. The van der Waals surface area contributed by atoms with E-state index < -0.39 is 0 Å². The van der Waals surface area contributed by atoms with Gasteiger partial charge in [0.15, 0.2) is 0 Å². The molecule has 0 spiro atoms. The Bertz CT molecular complexity index is 334. The molecule has 2 atom stereocenters. The predicted molar refractivity (Wildman–Crippen MR) is 64.4 cm³/mol. The van der Waals surface area contributed by atoms with Gasteiger partial charge in [0.2, 0.25) is 0 Å². The molecule has 3 nitrogen and oxygen atoms in total. The van der Waals surface area contributed by atoms with Crippen molar-refractivity contribution in [3.63, 3.8) is 0 Å². The molecule has 0 aliphatic carbocycles. The molecular weight excluding hydrogens is 202 g/mol. The lowest BCUT2D eigenvalue weighted by Gasteiger charge is -2.21. The average Bonchev–Trinajstić information content (AvgIpc) is 2.83. The molecule has 16 heavy (non-hydrogen) atoms. The molecule has 2 unspecified atom stereocenters. The average molecular weight is 221 g/mol. The monoisotopic (exact) mass is 221 g/mol. The summed E-state index contributed by atoms with van der Waals surface area (Å²) >= 11 is 0. The van der Waals surface area contributed by atoms with Gasteiger partial charge in [0.25, 0.3) is 0 Å². The van der Waals surface area contributed by atoms with E-state index in [1.54, 1.807) is 0 Å². The molecule has 3 heteroatoms. The van der Waals surface area contributed by atoms with Crippen molar-refractivity contribution in [3.05, 3.63) is 29.8 Å². The summed E-state index contributed by atoms with van der Waals surface area (Å²) in [5, 5.41) is 12.7. The summed E-state index contributed by atoms with van der Waals surface area (Å²) in [7, 11) is 0. The highest BCUT2D eigenvalue weighted by Gasteiger charge is 2.22. The van der Waals surface area contributed by atoms with Crippen LogP contribution in [0.15, 0.2) is 24.3 Å². The minimum atomic E-state index is 0.0804. The van der Waals surface area contributed by atoms with Crippen LogP contribution in [0.3, 0.4) is 0 Å². The van der Waals surface area contributed by atoms with Crippen LogP contribution in [0.25, 0.3) is 0 Å². The molecule has 0 bridgehead atoms. The Labute approximate surface area is 96.4 Å². The molecule has 1 aliphatic heterocycles. The van der Waals surface area contributed by atoms with Gasteiger partial charge in [-0.15, -0.1) is 0 Å². The second-order valence-electron chi connectivity index (χ2n) is 4.37. The van der Waals surface area contributed by atoms with Gasteiger partial charge in [0, 0.05) is 29.8 Å². The Morgan fingerprint density at radius 2 is 2.31 bits per heavy atom. The highest BCUT2D eigenvalue weighted by Crippen LogP contribution is 2.22. The van der Waals surface area contributed by atoms with E-state index >= 15 is 0 Å². The van der Waals surface area contributed by atoms with E-state index in [0.717, 1.165) is 30.9 Å². The second-order valence-corrected chi connectivity index (χ2v) is 4.37. The van der Waals surface area contributed by atoms with Gasteiger partial charge in [-0.25, -0.2) is 0 Å². The zero-order chi connectivity index (χ0) is 11.4. The first-order chi connectivity index (χ1) is 7.81. The van der Waals surface area contributed by atoms with Crippen molar-refractivity contribution in [1.82, 2.24) is 0 Å². The Morgan fingerprint density at radius 3 is 3.00 bits per heavy atom. The zero-order valence-corrected chi connectivity index (χ0v) is 9.65. The zero-order valence-electron chi connectivity index (χ0n) is 9.65. The van der Waals surface area contributed by atoms with Gasteiger partial charge >= 0.3 is 0 Å². The molecule has 0 amide bonds. The fourth-order valence-electron chi connectivity index (χ4n) is 2.11. The van der Waals surface area contributed by atoms with Crippen molar-refractivity contribution in [2.75, 3.05) is 18.5 Å². The summed E-state index contributed by atoms with van der Waals surface area (Å²) in [5.74, 6) is 0.576. The van der Waals surface area contributed by atoms with E-state index in [2.05, 4.69) is 12.2 Å². The Hall–Kier alpha value is -1.06. The summed E-state index contributed by atoms with van der Waals surface area (Å²) in [4.78, 5) is 0. The fourth-order valence-corrected chi connectivity index (χ4v) is 2.11. The van der Waals surface area contributed by atoms with Gasteiger partial charge < -0.3 is 15.2 Å². The molecule has 0 saturated carbocycles. The molecular formula is C13H19NO2. The summed E-state index contributed by atoms with van der Waals surface area (Å²) in [5.41, 5.74) is 1.98. The molecule has 88 valence electrons. The van der Waals surface area contributed by atoms with E-state index in [9.17, 15) is 5.11 Å². The lowest BCUT2D eigenvalue weighted by atomic mass is 10.00. The van der Waals surface area contributed by atoms with Crippen molar-refractivity contribution in [2.24, 2.45) is 5.92 Å². The van der Waals surface area contributed by atoms with E-state index in [0.29, 0.717) is 12.0 Å². The predicted octanol–water partition coefficient (Wildman–Crippen LogP) is 2.02. The molecule has 1 aromatic rings. The first-order valence-electron chi connectivity index (χ1n) is 5.84. The topological polar surface area (TPSA) is 41.5 Å². The molecule has 2 N–H and O–H groups in total. The molecule has 0 aromatic heterocycles. The number of para-hydroxylation sites is 1. The smallest absolute Gasteiger partial charge is 0.0701 e. The summed E-state index contributed by atoms with van der Waals surface area (Å²) in [6.45, 7) is 3.97. The van der Waals surface area contributed by atoms with Crippen LogP contribution in [0.4, 0.5) is 5.69 Å². The number of hydrogen-bond acceptors (Lipinski definition) is 3. The third-order valence-corrected chi connectivity index (χ3v) is 3.24. The molecule has 1 aliphatic rings. The Morgan fingerprint density at radius 1 is 1.50 bits per heavy atom. The molecule has 1 heterocycles. The third-order valence-electron chi connectivity index (χ3n) is 3.24. The minimum Gasteiger partial charge on any atom is -0.392 e. The van der Waals surface area contributed by atoms with Crippen LogP contribution in [0.1, 0.15) is 18.9 Å². The molecule has 0 radical (unpaired) electrons. The van der Waals surface area contributed by atoms with E-state index in [1.807, 2.05) is 24.3 Å². The van der Waals surface area contributed by atoms with Crippen LogP contribution in [-0.4, -0.2) is 24.4 Å². The lowest BCUT2D eigenvalue weighted by Crippen LogP contribution is -2.26. The maximum absolute atomic E-state index is 9.23. The minimum absolute atomic E-state index is 0.0804. The highest BCUT2D eigenvalue weighted by atomic mass is 16.5. The second kappa shape index (κ2) is 5.32. The number of rotatable bonds is 4. The third kappa shape index (κ3) is 2.54. The van der Waals surface area contributed by atoms with E-state index in [-0.39, 0.29) is 6.61 Å². The van der Waals surface area contributed by atoms with Gasteiger partial charge in [-0.1, -0.05) is 18.2 Å². The Kier molecular flexibility index (Phi) is 3.80. The fraction of sp³-hybridized carbons (Fsp3) is 0.538. The van der Waals surface area contributed by atoms with Crippen molar-refractivity contribution in [3.8, 4) is 0 Å². The van der Waals surface area contributed by atoms with Crippen LogP contribution in [0, 0.1) is 5.92 Å². The molecule has 2 rings (SSSR count). The maximum atomic E-state index is 9.23. The number of ether oxygens (including phenoxy) is 1. The van der Waals surface area contributed by atoms with Crippen molar-refractivity contribution >= 4 is 5.69 Å². The van der Waals surface area contributed by atoms with Crippen LogP contribution >= 0.6 is 0 Å². The first kappa shape index (κ1) is 11.4. The van der Waals surface area contributed by atoms with Crippen molar-refractivity contribution < 1.29 is 9.84 Å². The van der Waals surface area contributed by atoms with Gasteiger partial charge in [0.05, 0.1) is 13.2 Å². The van der Waals surface area contributed by atoms with Crippen LogP contribution in [-0.2, 0) is 11.3 Å². The van der Waals surface area contributed by atoms with Gasteiger partial charge in [0.1, 0.15) is 0 Å². The maximum Gasteiger partial charge on any atom is 0.0701 e. The number of benzene rings is 1. The van der Waals surface area contributed by atoms with Crippen LogP contribution in [0.5, 0.6) is 0 Å². The van der Waals surface area contributed by atoms with Gasteiger partial charge in [-0.3, -0.25) is 0 Å². The number of aliphatic hydroxyl groups is 1. The number of anilines is 1. The number of hydrogen-bond donors (Lipinski definition) is 2. The number of nitrogens with one attached hydrogen (secondary N) is 1. The highest BCUT2D eigenvalue weighted by molar-refractivity contribution is 5.51. The SMILES string of the molecule is CC(Nc1ccccc1CO)C1CCOC1. The van der Waals surface area contributed by atoms with E-state index in [1.165, 1.54) is 0 Å². The normalized spacial score (nSPS) is 22.0. The summed E-state index contributed by atoms with van der Waals surface area (Å²) in [6.07, 6.45) is 1.12. The van der Waals surface area contributed by atoms with Gasteiger partial charge in [-0.2, -0.15) is 0 Å². The molecule has 1 fully saturated rings. The summed E-state index contributed by atoms with van der Waals surface area (Å²) in [6, 6.07) is 8.27. The molecule has 1 saturated heterocycles. The Balaban J connectivity index is 2.01. The van der Waals surface area contributed by atoms with Crippen molar-refractivity contribution in [2.45, 2.75) is 26.0 Å². The van der Waals surface area contributed by atoms with Crippen LogP contribution in [0.2, 0.25) is 0 Å². The molecule has 1 aromatic carbocycles. The quantitative estimate of drug-likeness (QED) is 0.817. The largest absolute Gasteiger partial charge is 0.392 e. The van der Waals surface area contributed by atoms with Gasteiger partial charge in [-0.05, 0) is 19.4 Å².